The molecule has 18 heavy (non-hydrogen) atoms. The molecular weight excluding hydrogens is 246 g/mol. The zero-order valence-corrected chi connectivity index (χ0v) is 11.4. The number of rotatable bonds is 5. The molecule has 2 aromatic heterocycles. The standard InChI is InChI=1S/C13H17N3OS/c1-9(2)5-6-16-13(14)10(8-17)12(15-16)11-4-3-7-18-11/h3-4,7-9H,5-6,14H2,1-2H3. The van der Waals surface area contributed by atoms with E-state index >= 15 is 0 Å². The highest BCUT2D eigenvalue weighted by Crippen LogP contribution is 2.29. The third-order valence-corrected chi connectivity index (χ3v) is 3.70. The number of aromatic nitrogens is 2. The lowest BCUT2D eigenvalue weighted by molar-refractivity contribution is 0.112. The van der Waals surface area contributed by atoms with Gasteiger partial charge < -0.3 is 5.73 Å². The van der Waals surface area contributed by atoms with Gasteiger partial charge in [-0.2, -0.15) is 5.10 Å². The number of nitrogens with zero attached hydrogens (tertiary/aromatic N) is 2. The van der Waals surface area contributed by atoms with Crippen LogP contribution in [0, 0.1) is 5.92 Å². The predicted octanol–water partition coefficient (Wildman–Crippen LogP) is 3.05. The van der Waals surface area contributed by atoms with E-state index < -0.39 is 0 Å². The fraction of sp³-hybridized carbons (Fsp3) is 0.385. The average Bonchev–Trinajstić information content (AvgIpc) is 2.94. The molecule has 0 aliphatic heterocycles. The number of hydrogen-bond acceptors (Lipinski definition) is 4. The van der Waals surface area contributed by atoms with Crippen LogP contribution < -0.4 is 5.73 Å². The first kappa shape index (κ1) is 12.8. The zero-order valence-electron chi connectivity index (χ0n) is 10.6. The molecule has 0 saturated heterocycles. The first-order valence-corrected chi connectivity index (χ1v) is 6.86. The molecule has 2 aromatic rings. The monoisotopic (exact) mass is 263 g/mol. The molecule has 0 atom stereocenters. The van der Waals surface area contributed by atoms with Crippen LogP contribution in [0.25, 0.3) is 10.6 Å². The van der Waals surface area contributed by atoms with Gasteiger partial charge in [-0.25, -0.2) is 4.68 Å². The van der Waals surface area contributed by atoms with Gasteiger partial charge in [0.1, 0.15) is 11.5 Å². The average molecular weight is 263 g/mol. The Morgan fingerprint density at radius 2 is 2.33 bits per heavy atom. The molecule has 4 nitrogen and oxygen atoms in total. The normalized spacial score (nSPS) is 11.1. The number of nitrogen functional groups attached to an aromatic ring is 1. The van der Waals surface area contributed by atoms with Crippen molar-refractivity contribution in [3.05, 3.63) is 23.1 Å². The lowest BCUT2D eigenvalue weighted by Crippen LogP contribution is -2.07. The number of carbonyl (C=O) groups is 1. The minimum atomic E-state index is 0.467. The van der Waals surface area contributed by atoms with E-state index in [9.17, 15) is 4.79 Å². The third-order valence-electron chi connectivity index (χ3n) is 2.82. The molecule has 0 bridgehead atoms. The smallest absolute Gasteiger partial charge is 0.156 e. The van der Waals surface area contributed by atoms with E-state index in [1.165, 1.54) is 0 Å². The van der Waals surface area contributed by atoms with E-state index in [1.807, 2.05) is 17.5 Å². The highest BCUT2D eigenvalue weighted by atomic mass is 32.1. The highest BCUT2D eigenvalue weighted by molar-refractivity contribution is 7.13. The van der Waals surface area contributed by atoms with Gasteiger partial charge in [0.25, 0.3) is 0 Å². The van der Waals surface area contributed by atoms with Crippen molar-refractivity contribution in [3.63, 3.8) is 0 Å². The third kappa shape index (κ3) is 2.46. The van der Waals surface area contributed by atoms with Crippen LogP contribution in [0.1, 0.15) is 30.6 Å². The Morgan fingerprint density at radius 1 is 1.56 bits per heavy atom. The van der Waals surface area contributed by atoms with Crippen molar-refractivity contribution in [1.29, 1.82) is 0 Å². The number of aryl methyl sites for hydroxylation is 1. The largest absolute Gasteiger partial charge is 0.383 e. The van der Waals surface area contributed by atoms with Gasteiger partial charge >= 0.3 is 0 Å². The summed E-state index contributed by atoms with van der Waals surface area (Å²) in [7, 11) is 0. The molecule has 0 aliphatic carbocycles. The second kappa shape index (κ2) is 5.35. The number of aldehydes is 1. The van der Waals surface area contributed by atoms with Crippen molar-refractivity contribution >= 4 is 23.4 Å². The van der Waals surface area contributed by atoms with Crippen molar-refractivity contribution in [1.82, 2.24) is 9.78 Å². The molecule has 2 heterocycles. The first-order valence-electron chi connectivity index (χ1n) is 5.98. The van der Waals surface area contributed by atoms with Gasteiger partial charge in [0.15, 0.2) is 6.29 Å². The molecule has 0 fully saturated rings. The Balaban J connectivity index is 2.36. The van der Waals surface area contributed by atoms with Gasteiger partial charge in [-0.15, -0.1) is 11.3 Å². The molecule has 0 aliphatic rings. The van der Waals surface area contributed by atoms with Crippen molar-refractivity contribution < 1.29 is 4.79 Å². The molecule has 0 radical (unpaired) electrons. The molecular formula is C13H17N3OS. The van der Waals surface area contributed by atoms with Gasteiger partial charge in [0, 0.05) is 6.54 Å². The molecule has 2 N–H and O–H groups in total. The van der Waals surface area contributed by atoms with Crippen LogP contribution in [-0.2, 0) is 6.54 Å². The Morgan fingerprint density at radius 3 is 2.89 bits per heavy atom. The highest BCUT2D eigenvalue weighted by Gasteiger charge is 2.17. The van der Waals surface area contributed by atoms with Gasteiger partial charge in [-0.05, 0) is 23.8 Å². The Labute approximate surface area is 110 Å². The quantitative estimate of drug-likeness (QED) is 0.843. The Bertz CT molecular complexity index is 529. The van der Waals surface area contributed by atoms with E-state index in [0.29, 0.717) is 23.0 Å². The van der Waals surface area contributed by atoms with E-state index in [-0.39, 0.29) is 0 Å². The Hall–Kier alpha value is -1.62. The van der Waals surface area contributed by atoms with E-state index in [1.54, 1.807) is 16.0 Å². The fourth-order valence-electron chi connectivity index (χ4n) is 1.75. The summed E-state index contributed by atoms with van der Waals surface area (Å²) in [6.45, 7) is 5.05. The molecule has 0 spiro atoms. The van der Waals surface area contributed by atoms with Crippen LogP contribution in [0.5, 0.6) is 0 Å². The summed E-state index contributed by atoms with van der Waals surface area (Å²) in [6, 6.07) is 3.89. The number of anilines is 1. The number of thiophene rings is 1. The summed E-state index contributed by atoms with van der Waals surface area (Å²) in [4.78, 5) is 12.1. The van der Waals surface area contributed by atoms with Crippen molar-refractivity contribution in [2.75, 3.05) is 5.73 Å². The molecule has 2 rings (SSSR count). The van der Waals surface area contributed by atoms with Crippen LogP contribution in [-0.4, -0.2) is 16.1 Å². The van der Waals surface area contributed by atoms with E-state index in [4.69, 9.17) is 5.73 Å². The summed E-state index contributed by atoms with van der Waals surface area (Å²) in [5.41, 5.74) is 7.18. The number of hydrogen-bond donors (Lipinski definition) is 1. The second-order valence-electron chi connectivity index (χ2n) is 4.65. The van der Waals surface area contributed by atoms with Gasteiger partial charge in [0.2, 0.25) is 0 Å². The number of nitrogens with two attached hydrogens (primary N) is 1. The van der Waals surface area contributed by atoms with Crippen LogP contribution in [0.4, 0.5) is 5.82 Å². The van der Waals surface area contributed by atoms with Gasteiger partial charge in [0.05, 0.1) is 10.4 Å². The van der Waals surface area contributed by atoms with Crippen LogP contribution in [0.15, 0.2) is 17.5 Å². The predicted molar refractivity (Wildman–Crippen MR) is 74.8 cm³/mol. The van der Waals surface area contributed by atoms with Gasteiger partial charge in [-0.3, -0.25) is 4.79 Å². The minimum absolute atomic E-state index is 0.467. The summed E-state index contributed by atoms with van der Waals surface area (Å²) in [6.07, 6.45) is 1.79. The SMILES string of the molecule is CC(C)CCn1nc(-c2cccs2)c(C=O)c1N. The van der Waals surface area contributed by atoms with Crippen LogP contribution in [0.2, 0.25) is 0 Å². The van der Waals surface area contributed by atoms with Crippen molar-refractivity contribution in [2.24, 2.45) is 5.92 Å². The van der Waals surface area contributed by atoms with Gasteiger partial charge in [-0.1, -0.05) is 19.9 Å². The molecule has 0 unspecified atom stereocenters. The van der Waals surface area contributed by atoms with Crippen molar-refractivity contribution in [2.45, 2.75) is 26.8 Å². The maximum absolute atomic E-state index is 11.2. The van der Waals surface area contributed by atoms with Crippen LogP contribution in [0.3, 0.4) is 0 Å². The zero-order chi connectivity index (χ0) is 13.1. The molecule has 0 saturated carbocycles. The minimum Gasteiger partial charge on any atom is -0.383 e. The summed E-state index contributed by atoms with van der Waals surface area (Å²) >= 11 is 1.56. The fourth-order valence-corrected chi connectivity index (χ4v) is 2.47. The topological polar surface area (TPSA) is 60.9 Å². The van der Waals surface area contributed by atoms with Crippen LogP contribution >= 0.6 is 11.3 Å². The lowest BCUT2D eigenvalue weighted by atomic mass is 10.1. The van der Waals surface area contributed by atoms with Crippen molar-refractivity contribution in [3.8, 4) is 10.6 Å². The second-order valence-corrected chi connectivity index (χ2v) is 5.60. The molecule has 0 aromatic carbocycles. The van der Waals surface area contributed by atoms with E-state index in [2.05, 4.69) is 18.9 Å². The first-order chi connectivity index (χ1) is 8.63. The maximum atomic E-state index is 11.2. The Kier molecular flexibility index (Phi) is 3.81. The summed E-state index contributed by atoms with van der Waals surface area (Å²) in [5.74, 6) is 1.05. The van der Waals surface area contributed by atoms with E-state index in [0.717, 1.165) is 24.1 Å². The molecule has 96 valence electrons. The molecule has 5 heteroatoms. The number of carbonyl (C=O) groups excluding carboxylic acids is 1. The molecule has 0 amide bonds. The lowest BCUT2D eigenvalue weighted by Gasteiger charge is -2.06. The summed E-state index contributed by atoms with van der Waals surface area (Å²) < 4.78 is 1.73. The maximum Gasteiger partial charge on any atom is 0.156 e. The summed E-state index contributed by atoms with van der Waals surface area (Å²) in [5, 5.41) is 6.43.